The monoisotopic (exact) mass is 254 g/mol. The number of phenols is 1. The quantitative estimate of drug-likeness (QED) is 0.318. The molecule has 17 heavy (non-hydrogen) atoms. The highest BCUT2D eigenvalue weighted by molar-refractivity contribution is 7.80. The highest BCUT2D eigenvalue weighted by Crippen LogP contribution is 2.20. The van der Waals surface area contributed by atoms with E-state index < -0.39 is 4.92 Å². The van der Waals surface area contributed by atoms with Crippen molar-refractivity contribution in [3.05, 3.63) is 33.9 Å². The average Bonchev–Trinajstić information content (AvgIpc) is 2.30. The summed E-state index contributed by atoms with van der Waals surface area (Å²) < 4.78 is 0. The van der Waals surface area contributed by atoms with Crippen molar-refractivity contribution in [2.45, 2.75) is 0 Å². The SMILES string of the molecule is CNC(=S)N/N=C\c1cc([N+](=O)[O-])ccc1O. The average molecular weight is 254 g/mol. The Bertz CT molecular complexity index is 475. The Kier molecular flexibility index (Phi) is 4.35. The van der Waals surface area contributed by atoms with Crippen molar-refractivity contribution in [3.63, 3.8) is 0 Å². The van der Waals surface area contributed by atoms with Crippen LogP contribution in [0.3, 0.4) is 0 Å². The van der Waals surface area contributed by atoms with E-state index in [9.17, 15) is 15.2 Å². The molecule has 0 radical (unpaired) electrons. The maximum absolute atomic E-state index is 10.5. The first-order valence-electron chi connectivity index (χ1n) is 4.53. The van der Waals surface area contributed by atoms with Crippen molar-refractivity contribution in [2.24, 2.45) is 5.10 Å². The number of hydrogen-bond donors (Lipinski definition) is 3. The summed E-state index contributed by atoms with van der Waals surface area (Å²) in [4.78, 5) is 9.97. The number of nitrogens with one attached hydrogen (secondary N) is 2. The summed E-state index contributed by atoms with van der Waals surface area (Å²) in [7, 11) is 1.62. The van der Waals surface area contributed by atoms with Crippen molar-refractivity contribution in [1.29, 1.82) is 0 Å². The smallest absolute Gasteiger partial charge is 0.270 e. The Labute approximate surface area is 102 Å². The molecule has 1 rings (SSSR count). The molecule has 1 aromatic rings. The number of benzene rings is 1. The van der Waals surface area contributed by atoms with Gasteiger partial charge in [0.15, 0.2) is 5.11 Å². The number of hydrogen-bond acceptors (Lipinski definition) is 5. The standard InChI is InChI=1S/C9H10N4O3S/c1-10-9(17)12-11-5-6-4-7(13(15)16)2-3-8(6)14/h2-5,14H,1H3,(H2,10,12,17)/b11-5-. The summed E-state index contributed by atoms with van der Waals surface area (Å²) in [5.74, 6) is -0.100. The van der Waals surface area contributed by atoms with Crippen molar-refractivity contribution in [2.75, 3.05) is 7.05 Å². The highest BCUT2D eigenvalue weighted by Gasteiger charge is 2.08. The third-order valence-corrected chi connectivity index (χ3v) is 2.11. The lowest BCUT2D eigenvalue weighted by atomic mass is 10.2. The third-order valence-electron chi connectivity index (χ3n) is 1.82. The number of rotatable bonds is 3. The number of thiocarbonyl (C=S) groups is 1. The molecule has 0 amide bonds. The van der Waals surface area contributed by atoms with Gasteiger partial charge in [-0.05, 0) is 18.3 Å². The summed E-state index contributed by atoms with van der Waals surface area (Å²) >= 11 is 4.76. The molecule has 0 unspecified atom stereocenters. The molecule has 7 nitrogen and oxygen atoms in total. The number of non-ortho nitro benzene ring substituents is 1. The lowest BCUT2D eigenvalue weighted by Gasteiger charge is -2.01. The molecule has 0 spiro atoms. The lowest BCUT2D eigenvalue weighted by molar-refractivity contribution is -0.384. The Morgan fingerprint density at radius 3 is 2.94 bits per heavy atom. The van der Waals surface area contributed by atoms with Gasteiger partial charge in [-0.15, -0.1) is 0 Å². The first-order valence-corrected chi connectivity index (χ1v) is 4.93. The molecule has 90 valence electrons. The lowest BCUT2D eigenvalue weighted by Crippen LogP contribution is -2.28. The Morgan fingerprint density at radius 1 is 1.65 bits per heavy atom. The first kappa shape index (κ1) is 12.8. The molecule has 0 atom stereocenters. The van der Waals surface area contributed by atoms with E-state index in [1.54, 1.807) is 7.05 Å². The van der Waals surface area contributed by atoms with Crippen LogP contribution in [0.5, 0.6) is 5.75 Å². The molecule has 0 aromatic heterocycles. The second-order valence-corrected chi connectivity index (χ2v) is 3.36. The fourth-order valence-corrected chi connectivity index (χ4v) is 1.03. The number of nitro groups is 1. The maximum Gasteiger partial charge on any atom is 0.270 e. The zero-order valence-electron chi connectivity index (χ0n) is 8.88. The predicted octanol–water partition coefficient (Wildman–Crippen LogP) is 0.728. The zero-order chi connectivity index (χ0) is 12.8. The van der Waals surface area contributed by atoms with Crippen LogP contribution in [0, 0.1) is 10.1 Å². The first-order chi connectivity index (χ1) is 8.04. The number of nitrogens with zero attached hydrogens (tertiary/aromatic N) is 2. The normalized spacial score (nSPS) is 10.2. The van der Waals surface area contributed by atoms with Gasteiger partial charge in [0.1, 0.15) is 5.75 Å². The van der Waals surface area contributed by atoms with Gasteiger partial charge in [-0.2, -0.15) is 5.10 Å². The molecule has 3 N–H and O–H groups in total. The topological polar surface area (TPSA) is 99.8 Å². The van der Waals surface area contributed by atoms with Gasteiger partial charge in [0.2, 0.25) is 0 Å². The van der Waals surface area contributed by atoms with Crippen LogP contribution in [0.4, 0.5) is 5.69 Å². The van der Waals surface area contributed by atoms with Crippen molar-refractivity contribution >= 4 is 29.2 Å². The molecule has 0 aliphatic carbocycles. The summed E-state index contributed by atoms with van der Waals surface area (Å²) in [6.07, 6.45) is 1.24. The number of aromatic hydroxyl groups is 1. The minimum atomic E-state index is -0.553. The van der Waals surface area contributed by atoms with Gasteiger partial charge in [-0.1, -0.05) is 0 Å². The molecule has 0 aliphatic rings. The molecule has 0 aliphatic heterocycles. The van der Waals surface area contributed by atoms with Crippen LogP contribution in [0.15, 0.2) is 23.3 Å². The van der Waals surface area contributed by atoms with Gasteiger partial charge >= 0.3 is 0 Å². The zero-order valence-corrected chi connectivity index (χ0v) is 9.69. The highest BCUT2D eigenvalue weighted by atomic mass is 32.1. The summed E-state index contributed by atoms with van der Waals surface area (Å²) in [6.45, 7) is 0. The number of phenolic OH excluding ortho intramolecular Hbond substituents is 1. The van der Waals surface area contributed by atoms with E-state index in [0.717, 1.165) is 0 Å². The molecule has 0 fully saturated rings. The third kappa shape index (κ3) is 3.68. The van der Waals surface area contributed by atoms with Crippen LogP contribution in [-0.2, 0) is 0 Å². The van der Waals surface area contributed by atoms with Crippen LogP contribution >= 0.6 is 12.2 Å². The Balaban J connectivity index is 2.86. The summed E-state index contributed by atoms with van der Waals surface area (Å²) in [5, 5.41) is 26.6. The van der Waals surface area contributed by atoms with Crippen molar-refractivity contribution in [1.82, 2.24) is 10.7 Å². The molecule has 0 heterocycles. The van der Waals surface area contributed by atoms with Gasteiger partial charge in [-0.25, -0.2) is 0 Å². The molecule has 0 bridgehead atoms. The van der Waals surface area contributed by atoms with Gasteiger partial charge in [0.25, 0.3) is 5.69 Å². The van der Waals surface area contributed by atoms with Gasteiger partial charge in [0.05, 0.1) is 11.1 Å². The van der Waals surface area contributed by atoms with E-state index in [0.29, 0.717) is 5.11 Å². The van der Waals surface area contributed by atoms with E-state index in [-0.39, 0.29) is 17.0 Å². The van der Waals surface area contributed by atoms with E-state index in [2.05, 4.69) is 15.8 Å². The Hall–Kier alpha value is -2.22. The molecular formula is C9H10N4O3S. The largest absolute Gasteiger partial charge is 0.507 e. The number of hydrazone groups is 1. The molecule has 0 saturated heterocycles. The van der Waals surface area contributed by atoms with E-state index in [1.807, 2.05) is 0 Å². The van der Waals surface area contributed by atoms with Gasteiger partial charge in [0, 0.05) is 24.7 Å². The fourth-order valence-electron chi connectivity index (χ4n) is 0.975. The van der Waals surface area contributed by atoms with Crippen LogP contribution < -0.4 is 10.7 Å². The molecule has 1 aromatic carbocycles. The van der Waals surface area contributed by atoms with Crippen LogP contribution in [0.25, 0.3) is 0 Å². The molecule has 0 saturated carbocycles. The van der Waals surface area contributed by atoms with Gasteiger partial charge < -0.3 is 10.4 Å². The predicted molar refractivity (Wildman–Crippen MR) is 67.1 cm³/mol. The van der Waals surface area contributed by atoms with Gasteiger partial charge in [-0.3, -0.25) is 15.5 Å². The minimum Gasteiger partial charge on any atom is -0.507 e. The number of nitro benzene ring substituents is 1. The van der Waals surface area contributed by atoms with Crippen LogP contribution in [-0.4, -0.2) is 28.4 Å². The molecule has 8 heteroatoms. The van der Waals surface area contributed by atoms with Crippen molar-refractivity contribution < 1.29 is 10.0 Å². The van der Waals surface area contributed by atoms with Crippen molar-refractivity contribution in [3.8, 4) is 5.75 Å². The second-order valence-electron chi connectivity index (χ2n) is 2.95. The summed E-state index contributed by atoms with van der Waals surface area (Å²) in [6, 6.07) is 3.65. The maximum atomic E-state index is 10.5. The van der Waals surface area contributed by atoms with Crippen LogP contribution in [0.1, 0.15) is 5.56 Å². The summed E-state index contributed by atoms with van der Waals surface area (Å²) in [5.41, 5.74) is 2.57. The van der Waals surface area contributed by atoms with Crippen LogP contribution in [0.2, 0.25) is 0 Å². The Morgan fingerprint density at radius 2 is 2.35 bits per heavy atom. The fraction of sp³-hybridized carbons (Fsp3) is 0.111. The van der Waals surface area contributed by atoms with E-state index in [4.69, 9.17) is 12.2 Å². The second kappa shape index (κ2) is 5.75. The minimum absolute atomic E-state index is 0.100. The van der Waals surface area contributed by atoms with E-state index >= 15 is 0 Å². The van der Waals surface area contributed by atoms with E-state index in [1.165, 1.54) is 24.4 Å². The molecular weight excluding hydrogens is 244 g/mol.